The van der Waals surface area contributed by atoms with Gasteiger partial charge in [0.25, 0.3) is 0 Å². The maximum Gasteiger partial charge on any atom is 0.495 e. The largest absolute Gasteiger partial charge is 0.508 e. The molecule has 1 aromatic rings. The standard InChI is InChI=1S/C13H15BF4O3/c1-11(2)12(3,4)21-14(20-11)8-5-7(19)6-9(15)10(8)13(16,17)18/h5-6,19H,1-4H3. The second kappa shape index (κ2) is 4.61. The van der Waals surface area contributed by atoms with Crippen molar-refractivity contribution in [3.8, 4) is 5.75 Å². The number of phenols is 1. The van der Waals surface area contributed by atoms with Crippen molar-refractivity contribution in [2.75, 3.05) is 0 Å². The van der Waals surface area contributed by atoms with Crippen molar-refractivity contribution < 1.29 is 32.0 Å². The van der Waals surface area contributed by atoms with Crippen LogP contribution in [0.4, 0.5) is 17.6 Å². The van der Waals surface area contributed by atoms with Crippen molar-refractivity contribution >= 4 is 12.6 Å². The maximum absolute atomic E-state index is 13.7. The van der Waals surface area contributed by atoms with Crippen molar-refractivity contribution in [2.45, 2.75) is 45.1 Å². The Balaban J connectivity index is 2.56. The zero-order valence-electron chi connectivity index (χ0n) is 12.0. The van der Waals surface area contributed by atoms with Crippen molar-refractivity contribution in [1.29, 1.82) is 0 Å². The van der Waals surface area contributed by atoms with E-state index in [1.165, 1.54) is 0 Å². The van der Waals surface area contributed by atoms with Gasteiger partial charge in [0.05, 0.1) is 16.8 Å². The summed E-state index contributed by atoms with van der Waals surface area (Å²) < 4.78 is 63.8. The summed E-state index contributed by atoms with van der Waals surface area (Å²) >= 11 is 0. The molecule has 0 amide bonds. The van der Waals surface area contributed by atoms with E-state index in [1.54, 1.807) is 27.7 Å². The molecule has 1 aliphatic heterocycles. The highest BCUT2D eigenvalue weighted by Crippen LogP contribution is 2.39. The van der Waals surface area contributed by atoms with Crippen LogP contribution in [0.2, 0.25) is 0 Å². The van der Waals surface area contributed by atoms with E-state index < -0.39 is 47.1 Å². The molecule has 1 aromatic carbocycles. The van der Waals surface area contributed by atoms with E-state index in [0.717, 1.165) is 6.07 Å². The number of rotatable bonds is 1. The molecule has 21 heavy (non-hydrogen) atoms. The van der Waals surface area contributed by atoms with E-state index in [0.29, 0.717) is 6.07 Å². The Morgan fingerprint density at radius 1 is 1.05 bits per heavy atom. The van der Waals surface area contributed by atoms with Crippen molar-refractivity contribution in [3.63, 3.8) is 0 Å². The average Bonchev–Trinajstić information content (AvgIpc) is 2.44. The third kappa shape index (κ3) is 2.74. The Kier molecular flexibility index (Phi) is 3.53. The second-order valence-corrected chi connectivity index (χ2v) is 5.98. The summed E-state index contributed by atoms with van der Waals surface area (Å²) in [5.74, 6) is -2.18. The monoisotopic (exact) mass is 306 g/mol. The molecule has 0 atom stereocenters. The lowest BCUT2D eigenvalue weighted by Gasteiger charge is -2.32. The van der Waals surface area contributed by atoms with Crippen LogP contribution in [0.5, 0.6) is 5.75 Å². The first-order chi connectivity index (χ1) is 9.35. The third-order valence-electron chi connectivity index (χ3n) is 3.90. The summed E-state index contributed by atoms with van der Waals surface area (Å²) in [6, 6.07) is 1.23. The molecular formula is C13H15BF4O3. The van der Waals surface area contributed by atoms with Crippen LogP contribution >= 0.6 is 0 Å². The fraction of sp³-hybridized carbons (Fsp3) is 0.538. The van der Waals surface area contributed by atoms with Gasteiger partial charge in [-0.05, 0) is 33.8 Å². The lowest BCUT2D eigenvalue weighted by molar-refractivity contribution is -0.139. The number of aromatic hydroxyl groups is 1. The zero-order valence-corrected chi connectivity index (χ0v) is 12.0. The molecule has 0 aliphatic carbocycles. The number of alkyl halides is 3. The van der Waals surface area contributed by atoms with Gasteiger partial charge in [0, 0.05) is 11.5 Å². The van der Waals surface area contributed by atoms with Gasteiger partial charge in [0.2, 0.25) is 0 Å². The van der Waals surface area contributed by atoms with Crippen LogP contribution in [-0.4, -0.2) is 23.4 Å². The molecular weight excluding hydrogens is 291 g/mol. The normalized spacial score (nSPS) is 20.9. The molecule has 1 fully saturated rings. The van der Waals surface area contributed by atoms with Gasteiger partial charge in [-0.2, -0.15) is 13.2 Å². The molecule has 0 unspecified atom stereocenters. The number of benzene rings is 1. The molecule has 1 N–H and O–H groups in total. The molecule has 1 aliphatic rings. The van der Waals surface area contributed by atoms with Crippen LogP contribution in [0.3, 0.4) is 0 Å². The molecule has 0 saturated carbocycles. The summed E-state index contributed by atoms with van der Waals surface area (Å²) in [6.07, 6.45) is -4.92. The van der Waals surface area contributed by atoms with E-state index >= 15 is 0 Å². The molecule has 1 saturated heterocycles. The van der Waals surface area contributed by atoms with Gasteiger partial charge >= 0.3 is 13.3 Å². The second-order valence-electron chi connectivity index (χ2n) is 5.98. The summed E-state index contributed by atoms with van der Waals surface area (Å²) in [6.45, 7) is 6.66. The summed E-state index contributed by atoms with van der Waals surface area (Å²) in [5, 5.41) is 9.39. The molecule has 2 rings (SSSR count). The molecule has 0 aromatic heterocycles. The van der Waals surface area contributed by atoms with E-state index in [2.05, 4.69) is 0 Å². The highest BCUT2D eigenvalue weighted by atomic mass is 19.4. The van der Waals surface area contributed by atoms with Crippen LogP contribution in [0, 0.1) is 5.82 Å². The Bertz CT molecular complexity index is 553. The van der Waals surface area contributed by atoms with Gasteiger partial charge in [-0.15, -0.1) is 0 Å². The highest BCUT2D eigenvalue weighted by molar-refractivity contribution is 6.62. The topological polar surface area (TPSA) is 38.7 Å². The highest BCUT2D eigenvalue weighted by Gasteiger charge is 2.54. The Hall–Kier alpha value is -1.28. The van der Waals surface area contributed by atoms with E-state index in [-0.39, 0.29) is 0 Å². The lowest BCUT2D eigenvalue weighted by Crippen LogP contribution is -2.41. The summed E-state index contributed by atoms with van der Waals surface area (Å²) in [4.78, 5) is 0. The first-order valence-corrected chi connectivity index (χ1v) is 6.30. The zero-order chi connectivity index (χ0) is 16.2. The van der Waals surface area contributed by atoms with Gasteiger partial charge < -0.3 is 14.4 Å². The molecule has 3 nitrogen and oxygen atoms in total. The average molecular weight is 306 g/mol. The number of halogens is 4. The van der Waals surface area contributed by atoms with Crippen LogP contribution in [0.25, 0.3) is 0 Å². The number of phenolic OH excluding ortho intramolecular Hbond substituents is 1. The predicted molar refractivity (Wildman–Crippen MR) is 68.8 cm³/mol. The fourth-order valence-corrected chi connectivity index (χ4v) is 2.07. The minimum absolute atomic E-state index is 0.414. The minimum atomic E-state index is -4.92. The molecule has 8 heteroatoms. The van der Waals surface area contributed by atoms with E-state index in [9.17, 15) is 22.7 Å². The van der Waals surface area contributed by atoms with Crippen molar-refractivity contribution in [1.82, 2.24) is 0 Å². The van der Waals surface area contributed by atoms with Crippen LogP contribution < -0.4 is 5.46 Å². The smallest absolute Gasteiger partial charge is 0.495 e. The Morgan fingerprint density at radius 2 is 1.52 bits per heavy atom. The molecule has 116 valence electrons. The van der Waals surface area contributed by atoms with Gasteiger partial charge in [-0.1, -0.05) is 0 Å². The molecule has 0 bridgehead atoms. The summed E-state index contributed by atoms with van der Waals surface area (Å²) in [5.41, 5.74) is -3.80. The van der Waals surface area contributed by atoms with Crippen LogP contribution in [0.1, 0.15) is 33.3 Å². The number of hydrogen-bond donors (Lipinski definition) is 1. The third-order valence-corrected chi connectivity index (χ3v) is 3.90. The number of hydrogen-bond acceptors (Lipinski definition) is 3. The van der Waals surface area contributed by atoms with Gasteiger partial charge in [0.15, 0.2) is 0 Å². The lowest BCUT2D eigenvalue weighted by atomic mass is 9.75. The van der Waals surface area contributed by atoms with E-state index in [4.69, 9.17) is 9.31 Å². The molecule has 0 spiro atoms. The van der Waals surface area contributed by atoms with Crippen molar-refractivity contribution in [2.24, 2.45) is 0 Å². The first-order valence-electron chi connectivity index (χ1n) is 6.30. The molecule has 0 radical (unpaired) electrons. The quantitative estimate of drug-likeness (QED) is 0.640. The van der Waals surface area contributed by atoms with E-state index in [1.807, 2.05) is 0 Å². The SMILES string of the molecule is CC1(C)OB(c2cc(O)cc(F)c2C(F)(F)F)OC1(C)C. The first kappa shape index (κ1) is 16.1. The Labute approximate surface area is 120 Å². The van der Waals surface area contributed by atoms with Gasteiger partial charge in [-0.25, -0.2) is 4.39 Å². The Morgan fingerprint density at radius 3 is 1.95 bits per heavy atom. The summed E-state index contributed by atoms with van der Waals surface area (Å²) in [7, 11) is -1.41. The van der Waals surface area contributed by atoms with Crippen LogP contribution in [-0.2, 0) is 15.5 Å². The molecule has 1 heterocycles. The predicted octanol–water partition coefficient (Wildman–Crippen LogP) is 2.85. The van der Waals surface area contributed by atoms with Crippen LogP contribution in [0.15, 0.2) is 12.1 Å². The van der Waals surface area contributed by atoms with Gasteiger partial charge in [-0.3, -0.25) is 0 Å². The van der Waals surface area contributed by atoms with Gasteiger partial charge in [0.1, 0.15) is 11.6 Å². The van der Waals surface area contributed by atoms with Crippen molar-refractivity contribution in [3.05, 3.63) is 23.5 Å². The minimum Gasteiger partial charge on any atom is -0.508 e. The fourth-order valence-electron chi connectivity index (χ4n) is 2.07. The maximum atomic E-state index is 13.7.